The average Bonchev–Trinajstić information content (AvgIpc) is 2.04. The molecule has 0 bridgehead atoms. The van der Waals surface area contributed by atoms with Gasteiger partial charge in [0, 0.05) is 0 Å². The van der Waals surface area contributed by atoms with Crippen LogP contribution >= 0.6 is 11.6 Å². The summed E-state index contributed by atoms with van der Waals surface area (Å²) in [5.41, 5.74) is 0.376. The summed E-state index contributed by atoms with van der Waals surface area (Å²) in [4.78, 5) is 11.1. The number of hydrogen-bond donors (Lipinski definition) is 0. The molecule has 70 valence electrons. The van der Waals surface area contributed by atoms with Crippen LogP contribution in [0, 0.1) is 0 Å². The van der Waals surface area contributed by atoms with Crippen LogP contribution in [0.25, 0.3) is 0 Å². The minimum absolute atomic E-state index is 0.276. The Kier molecular flexibility index (Phi) is 3.77. The number of carbonyl (C=O) groups is 1. The zero-order valence-electron chi connectivity index (χ0n) is 7.37. The quantitative estimate of drug-likeness (QED) is 0.551. The Hall–Kier alpha value is -1.02. The monoisotopic (exact) mass is 198 g/mol. The number of halogens is 1. The average molecular weight is 199 g/mol. The smallest absolute Gasteiger partial charge is 0.311 e. The van der Waals surface area contributed by atoms with Crippen molar-refractivity contribution >= 4 is 17.6 Å². The first kappa shape index (κ1) is 10.1. The molecule has 0 aromatic heterocycles. The molecule has 1 unspecified atom stereocenters. The van der Waals surface area contributed by atoms with Gasteiger partial charge < -0.3 is 4.74 Å². The van der Waals surface area contributed by atoms with Crippen molar-refractivity contribution in [2.24, 2.45) is 0 Å². The third-order valence-electron chi connectivity index (χ3n) is 1.49. The molecule has 3 heteroatoms. The van der Waals surface area contributed by atoms with Crippen LogP contribution in [0.15, 0.2) is 30.3 Å². The highest BCUT2D eigenvalue weighted by Gasteiger charge is 2.06. The summed E-state index contributed by atoms with van der Waals surface area (Å²) in [6, 6.07) is 9.42. The summed E-state index contributed by atoms with van der Waals surface area (Å²) in [7, 11) is 0. The lowest BCUT2D eigenvalue weighted by molar-refractivity contribution is -0.143. The fraction of sp³-hybridized carbons (Fsp3) is 0.300. The summed E-state index contributed by atoms with van der Waals surface area (Å²) in [5.74, 6) is -0.297. The van der Waals surface area contributed by atoms with Crippen LogP contribution in [0.3, 0.4) is 0 Å². The number of ether oxygens (including phenoxy) is 1. The predicted molar refractivity (Wildman–Crippen MR) is 51.6 cm³/mol. The second-order valence-corrected chi connectivity index (χ2v) is 3.31. The highest BCUT2D eigenvalue weighted by Crippen LogP contribution is 2.03. The summed E-state index contributed by atoms with van der Waals surface area (Å²) < 4.78 is 4.78. The predicted octanol–water partition coefficient (Wildman–Crippen LogP) is 2.36. The van der Waals surface area contributed by atoms with Crippen molar-refractivity contribution in [3.8, 4) is 0 Å². The molecular weight excluding hydrogens is 188 g/mol. The van der Waals surface area contributed by atoms with Gasteiger partial charge in [0.15, 0.2) is 5.56 Å². The van der Waals surface area contributed by atoms with Crippen molar-refractivity contribution in [3.63, 3.8) is 0 Å². The second-order valence-electron chi connectivity index (χ2n) is 2.70. The summed E-state index contributed by atoms with van der Waals surface area (Å²) in [6.07, 6.45) is 0.276. The van der Waals surface area contributed by atoms with E-state index in [1.54, 1.807) is 6.92 Å². The van der Waals surface area contributed by atoms with E-state index in [1.165, 1.54) is 0 Å². The van der Waals surface area contributed by atoms with Gasteiger partial charge in [-0.15, -0.1) is 0 Å². The lowest BCUT2D eigenvalue weighted by Crippen LogP contribution is -2.11. The Morgan fingerprint density at radius 2 is 2.08 bits per heavy atom. The van der Waals surface area contributed by atoms with E-state index in [1.807, 2.05) is 30.3 Å². The molecule has 1 atom stereocenters. The second kappa shape index (κ2) is 4.87. The Balaban J connectivity index is 2.46. The summed E-state index contributed by atoms with van der Waals surface area (Å²) in [6.45, 7) is 1.62. The van der Waals surface area contributed by atoms with E-state index in [0.29, 0.717) is 0 Å². The molecule has 13 heavy (non-hydrogen) atoms. The van der Waals surface area contributed by atoms with Crippen molar-refractivity contribution in [2.75, 3.05) is 0 Å². The number of hydrogen-bond acceptors (Lipinski definition) is 2. The molecule has 0 aliphatic heterocycles. The van der Waals surface area contributed by atoms with Crippen LogP contribution in [0.2, 0.25) is 0 Å². The van der Waals surface area contributed by atoms with Crippen LogP contribution < -0.4 is 0 Å². The van der Waals surface area contributed by atoms with E-state index in [2.05, 4.69) is 0 Å². The first-order valence-electron chi connectivity index (χ1n) is 4.06. The molecule has 0 aliphatic rings. The van der Waals surface area contributed by atoms with Crippen LogP contribution in [0.1, 0.15) is 12.5 Å². The fourth-order valence-electron chi connectivity index (χ4n) is 0.985. The molecule has 0 amide bonds. The van der Waals surface area contributed by atoms with E-state index in [4.69, 9.17) is 16.3 Å². The van der Waals surface area contributed by atoms with Crippen molar-refractivity contribution in [1.29, 1.82) is 0 Å². The number of benzene rings is 1. The normalized spacial score (nSPS) is 12.2. The van der Waals surface area contributed by atoms with Crippen LogP contribution in [-0.4, -0.2) is 11.5 Å². The molecule has 0 radical (unpaired) electrons. The molecule has 2 nitrogen and oxygen atoms in total. The third-order valence-corrected chi connectivity index (χ3v) is 1.57. The molecule has 0 fully saturated rings. The van der Waals surface area contributed by atoms with Gasteiger partial charge >= 0.3 is 5.97 Å². The molecule has 1 rings (SSSR count). The Labute approximate surface area is 82.5 Å². The zero-order valence-corrected chi connectivity index (χ0v) is 8.12. The first-order chi connectivity index (χ1) is 6.18. The number of rotatable bonds is 3. The van der Waals surface area contributed by atoms with Crippen molar-refractivity contribution in [1.82, 2.24) is 0 Å². The van der Waals surface area contributed by atoms with Crippen molar-refractivity contribution < 1.29 is 9.53 Å². The molecular formula is C10H11ClO2. The zero-order chi connectivity index (χ0) is 9.68. The summed E-state index contributed by atoms with van der Waals surface area (Å²) in [5, 5.41) is 0. The number of esters is 1. The van der Waals surface area contributed by atoms with Crippen molar-refractivity contribution in [2.45, 2.75) is 18.9 Å². The fourth-order valence-corrected chi connectivity index (χ4v) is 1.08. The molecule has 0 N–H and O–H groups in total. The maximum Gasteiger partial charge on any atom is 0.311 e. The lowest BCUT2D eigenvalue weighted by atomic mass is 10.2. The number of carbonyl (C=O) groups excluding carboxylic acids is 1. The van der Waals surface area contributed by atoms with Gasteiger partial charge in [0.2, 0.25) is 0 Å². The van der Waals surface area contributed by atoms with Gasteiger partial charge in [-0.3, -0.25) is 4.79 Å². The molecule has 1 aromatic carbocycles. The topological polar surface area (TPSA) is 26.3 Å². The van der Waals surface area contributed by atoms with E-state index < -0.39 is 5.56 Å². The third kappa shape index (κ3) is 3.95. The molecule has 0 aliphatic carbocycles. The molecule has 0 saturated carbocycles. The minimum atomic E-state index is -0.559. The first-order valence-corrected chi connectivity index (χ1v) is 4.49. The van der Waals surface area contributed by atoms with Crippen molar-refractivity contribution in [3.05, 3.63) is 35.9 Å². The van der Waals surface area contributed by atoms with Crippen LogP contribution in [0.5, 0.6) is 0 Å². The van der Waals surface area contributed by atoms with Gasteiger partial charge in [-0.1, -0.05) is 41.9 Å². The van der Waals surface area contributed by atoms with Gasteiger partial charge in [-0.25, -0.2) is 0 Å². The van der Waals surface area contributed by atoms with E-state index >= 15 is 0 Å². The lowest BCUT2D eigenvalue weighted by Gasteiger charge is -2.05. The highest BCUT2D eigenvalue weighted by atomic mass is 35.5. The van der Waals surface area contributed by atoms with Gasteiger partial charge in [0.25, 0.3) is 0 Å². The van der Waals surface area contributed by atoms with Gasteiger partial charge in [-0.2, -0.15) is 0 Å². The molecule has 0 saturated heterocycles. The van der Waals surface area contributed by atoms with E-state index in [-0.39, 0.29) is 12.4 Å². The van der Waals surface area contributed by atoms with Crippen LogP contribution in [-0.2, 0) is 16.0 Å². The molecule has 1 aromatic rings. The van der Waals surface area contributed by atoms with E-state index in [9.17, 15) is 4.79 Å². The maximum atomic E-state index is 11.1. The minimum Gasteiger partial charge on any atom is -0.446 e. The molecule has 0 spiro atoms. The Morgan fingerprint density at radius 3 is 2.62 bits per heavy atom. The standard InChI is InChI=1S/C10H11ClO2/c1-8(11)13-10(12)7-9-5-3-2-4-6-9/h2-6,8H,7H2,1H3. The van der Waals surface area contributed by atoms with Gasteiger partial charge in [0.1, 0.15) is 0 Å². The van der Waals surface area contributed by atoms with Gasteiger partial charge in [0.05, 0.1) is 6.42 Å². The summed E-state index contributed by atoms with van der Waals surface area (Å²) >= 11 is 5.50. The largest absolute Gasteiger partial charge is 0.446 e. The Morgan fingerprint density at radius 1 is 1.46 bits per heavy atom. The molecule has 0 heterocycles. The van der Waals surface area contributed by atoms with Crippen LogP contribution in [0.4, 0.5) is 0 Å². The Bertz CT molecular complexity index is 270. The van der Waals surface area contributed by atoms with E-state index in [0.717, 1.165) is 5.56 Å². The van der Waals surface area contributed by atoms with Gasteiger partial charge in [-0.05, 0) is 12.5 Å². The highest BCUT2D eigenvalue weighted by molar-refractivity contribution is 6.19. The number of alkyl halides is 1. The SMILES string of the molecule is CC(Cl)OC(=O)Cc1ccccc1. The maximum absolute atomic E-state index is 11.1.